The van der Waals surface area contributed by atoms with Crippen LogP contribution < -0.4 is 5.32 Å². The molecule has 6 nitrogen and oxygen atoms in total. The van der Waals surface area contributed by atoms with Crippen molar-refractivity contribution in [1.82, 2.24) is 9.62 Å². The second-order valence-electron chi connectivity index (χ2n) is 5.34. The molecule has 0 aromatic heterocycles. The lowest BCUT2D eigenvalue weighted by Gasteiger charge is -2.17. The fourth-order valence-electron chi connectivity index (χ4n) is 1.75. The number of halogens is 1. The van der Waals surface area contributed by atoms with E-state index in [1.807, 2.05) is 13.8 Å². The Morgan fingerprint density at radius 3 is 2.48 bits per heavy atom. The number of carbonyl (C=O) groups is 1. The van der Waals surface area contributed by atoms with E-state index in [-0.39, 0.29) is 23.5 Å². The summed E-state index contributed by atoms with van der Waals surface area (Å²) in [6, 6.07) is 5.82. The quantitative estimate of drug-likeness (QED) is 0.681. The number of nitrogens with zero attached hydrogens (tertiary/aromatic N) is 1. The zero-order valence-electron chi connectivity index (χ0n) is 13.6. The second kappa shape index (κ2) is 9.22. The van der Waals surface area contributed by atoms with Gasteiger partial charge in [-0.2, -0.15) is 4.31 Å². The number of hydrogen-bond acceptors (Lipinski definition) is 4. The minimum atomic E-state index is -3.71. The molecule has 0 aliphatic rings. The molecule has 0 aliphatic heterocycles. The molecule has 1 N–H and O–H groups in total. The number of carbonyl (C=O) groups excluding carboxylic acids is 1. The van der Waals surface area contributed by atoms with Crippen LogP contribution in [0.25, 0.3) is 0 Å². The van der Waals surface area contributed by atoms with E-state index in [9.17, 15) is 13.2 Å². The van der Waals surface area contributed by atoms with Gasteiger partial charge in [0.15, 0.2) is 0 Å². The smallest absolute Gasteiger partial charge is 0.243 e. The molecule has 0 fully saturated rings. The first-order chi connectivity index (χ1) is 10.7. The van der Waals surface area contributed by atoms with Gasteiger partial charge in [0.1, 0.15) is 0 Å². The largest absolute Gasteiger partial charge is 0.379 e. The van der Waals surface area contributed by atoms with E-state index in [1.165, 1.54) is 31.3 Å². The molecule has 0 radical (unpaired) electrons. The Hall–Kier alpha value is -1.15. The SMILES string of the molecule is CC(C)OCCCNC(=O)CN(C)S(=O)(=O)c1ccc(Cl)cc1. The third kappa shape index (κ3) is 6.87. The molecule has 1 aromatic rings. The highest BCUT2D eigenvalue weighted by atomic mass is 35.5. The molecule has 0 saturated carbocycles. The van der Waals surface area contributed by atoms with E-state index in [1.54, 1.807) is 0 Å². The van der Waals surface area contributed by atoms with E-state index >= 15 is 0 Å². The number of likely N-dealkylation sites (N-methyl/N-ethyl adjacent to an activating group) is 1. The lowest BCUT2D eigenvalue weighted by atomic mass is 10.4. The lowest BCUT2D eigenvalue weighted by molar-refractivity contribution is -0.121. The van der Waals surface area contributed by atoms with Crippen LogP contribution >= 0.6 is 11.6 Å². The van der Waals surface area contributed by atoms with Crippen molar-refractivity contribution in [3.63, 3.8) is 0 Å². The fraction of sp³-hybridized carbons (Fsp3) is 0.533. The van der Waals surface area contributed by atoms with Crippen molar-refractivity contribution in [2.45, 2.75) is 31.3 Å². The molecule has 0 heterocycles. The van der Waals surface area contributed by atoms with Crippen molar-refractivity contribution in [2.75, 3.05) is 26.7 Å². The van der Waals surface area contributed by atoms with Crippen molar-refractivity contribution < 1.29 is 17.9 Å². The molecular formula is C15H23ClN2O4S. The fourth-order valence-corrected chi connectivity index (χ4v) is 3.00. The maximum atomic E-state index is 12.3. The molecule has 0 aliphatic carbocycles. The van der Waals surface area contributed by atoms with Gasteiger partial charge in [-0.1, -0.05) is 11.6 Å². The van der Waals surface area contributed by atoms with Gasteiger partial charge in [0.25, 0.3) is 0 Å². The number of hydrogen-bond donors (Lipinski definition) is 1. The average Bonchev–Trinajstić information content (AvgIpc) is 2.46. The number of nitrogens with one attached hydrogen (secondary N) is 1. The van der Waals surface area contributed by atoms with Crippen molar-refractivity contribution in [3.05, 3.63) is 29.3 Å². The molecule has 0 unspecified atom stereocenters. The summed E-state index contributed by atoms with van der Waals surface area (Å²) in [7, 11) is -2.34. The van der Waals surface area contributed by atoms with Crippen molar-refractivity contribution >= 4 is 27.5 Å². The van der Waals surface area contributed by atoms with Gasteiger partial charge >= 0.3 is 0 Å². The number of benzene rings is 1. The summed E-state index contributed by atoms with van der Waals surface area (Å²) < 4.78 is 31.0. The van der Waals surface area contributed by atoms with Crippen molar-refractivity contribution in [3.8, 4) is 0 Å². The highest BCUT2D eigenvalue weighted by Crippen LogP contribution is 2.17. The summed E-state index contributed by atoms with van der Waals surface area (Å²) in [5.41, 5.74) is 0. The first kappa shape index (κ1) is 19.9. The molecule has 130 valence electrons. The summed E-state index contributed by atoms with van der Waals surface area (Å²) >= 11 is 5.75. The summed E-state index contributed by atoms with van der Waals surface area (Å²) in [5, 5.41) is 3.13. The number of sulfonamides is 1. The first-order valence-corrected chi connectivity index (χ1v) is 9.15. The molecule has 8 heteroatoms. The van der Waals surface area contributed by atoms with Gasteiger partial charge < -0.3 is 10.1 Å². The normalized spacial score (nSPS) is 11.9. The maximum Gasteiger partial charge on any atom is 0.243 e. The van der Waals surface area contributed by atoms with E-state index in [0.29, 0.717) is 24.6 Å². The Balaban J connectivity index is 2.46. The molecule has 0 spiro atoms. The molecule has 0 atom stereocenters. The lowest BCUT2D eigenvalue weighted by Crippen LogP contribution is -2.38. The van der Waals surface area contributed by atoms with Crippen molar-refractivity contribution in [1.29, 1.82) is 0 Å². The summed E-state index contributed by atoms with van der Waals surface area (Å²) in [4.78, 5) is 11.9. The molecule has 0 bridgehead atoms. The zero-order chi connectivity index (χ0) is 17.5. The number of amides is 1. The maximum absolute atomic E-state index is 12.3. The third-order valence-electron chi connectivity index (χ3n) is 2.98. The van der Waals surface area contributed by atoms with Gasteiger partial charge in [0.2, 0.25) is 15.9 Å². The van der Waals surface area contributed by atoms with Crippen LogP contribution in [-0.4, -0.2) is 51.5 Å². The summed E-state index contributed by atoms with van der Waals surface area (Å²) in [5.74, 6) is -0.352. The Bertz CT molecular complexity index is 602. The predicted octanol–water partition coefficient (Wildman–Crippen LogP) is 1.89. The van der Waals surface area contributed by atoms with Gasteiger partial charge in [0, 0.05) is 25.2 Å². The molecule has 1 rings (SSSR count). The van der Waals surface area contributed by atoms with Crippen LogP contribution in [0, 0.1) is 0 Å². The van der Waals surface area contributed by atoms with Crippen LogP contribution in [0.3, 0.4) is 0 Å². The van der Waals surface area contributed by atoms with Gasteiger partial charge in [-0.15, -0.1) is 0 Å². The minimum absolute atomic E-state index is 0.0996. The van der Waals surface area contributed by atoms with Gasteiger partial charge in [-0.05, 0) is 44.5 Å². The zero-order valence-corrected chi connectivity index (χ0v) is 15.2. The van der Waals surface area contributed by atoms with E-state index in [2.05, 4.69) is 5.32 Å². The molecule has 0 saturated heterocycles. The Kier molecular flexibility index (Phi) is 7.98. The standard InChI is InChI=1S/C15H23ClN2O4S/c1-12(2)22-10-4-9-17-15(19)11-18(3)23(20,21)14-7-5-13(16)6-8-14/h5-8,12H,4,9-11H2,1-3H3,(H,17,19). The average molecular weight is 363 g/mol. The molecule has 1 aromatic carbocycles. The third-order valence-corrected chi connectivity index (χ3v) is 5.05. The summed E-state index contributed by atoms with van der Waals surface area (Å²) in [6.45, 7) is 4.64. The number of rotatable bonds is 9. The second-order valence-corrected chi connectivity index (χ2v) is 7.82. The van der Waals surface area contributed by atoms with Gasteiger partial charge in [0.05, 0.1) is 17.5 Å². The number of ether oxygens (including phenoxy) is 1. The Morgan fingerprint density at radius 2 is 1.91 bits per heavy atom. The highest BCUT2D eigenvalue weighted by molar-refractivity contribution is 7.89. The first-order valence-electron chi connectivity index (χ1n) is 7.33. The molecule has 23 heavy (non-hydrogen) atoms. The topological polar surface area (TPSA) is 75.7 Å². The molecule has 1 amide bonds. The van der Waals surface area contributed by atoms with Gasteiger partial charge in [-0.3, -0.25) is 4.79 Å². The van der Waals surface area contributed by atoms with E-state index < -0.39 is 10.0 Å². The van der Waals surface area contributed by atoms with Crippen molar-refractivity contribution in [2.24, 2.45) is 0 Å². The van der Waals surface area contributed by atoms with Crippen LogP contribution in [0.5, 0.6) is 0 Å². The van der Waals surface area contributed by atoms with Crippen LogP contribution in [0.1, 0.15) is 20.3 Å². The molecular weight excluding hydrogens is 340 g/mol. The van der Waals surface area contributed by atoms with Crippen LogP contribution in [-0.2, 0) is 19.6 Å². The van der Waals surface area contributed by atoms with Crippen LogP contribution in [0.4, 0.5) is 0 Å². The minimum Gasteiger partial charge on any atom is -0.379 e. The Morgan fingerprint density at radius 1 is 1.30 bits per heavy atom. The van der Waals surface area contributed by atoms with Crippen LogP contribution in [0.2, 0.25) is 5.02 Å². The predicted molar refractivity (Wildman–Crippen MR) is 90.0 cm³/mol. The van der Waals surface area contributed by atoms with E-state index in [0.717, 1.165) is 4.31 Å². The van der Waals surface area contributed by atoms with E-state index in [4.69, 9.17) is 16.3 Å². The van der Waals surface area contributed by atoms with Crippen LogP contribution in [0.15, 0.2) is 29.2 Å². The van der Waals surface area contributed by atoms with Gasteiger partial charge in [-0.25, -0.2) is 8.42 Å². The monoisotopic (exact) mass is 362 g/mol. The Labute approximate surface area is 142 Å². The summed E-state index contributed by atoms with van der Waals surface area (Å²) in [6.07, 6.45) is 0.832. The highest BCUT2D eigenvalue weighted by Gasteiger charge is 2.22.